The molecule has 11 heteroatoms. The quantitative estimate of drug-likeness (QED) is 0.242. The van der Waals surface area contributed by atoms with Gasteiger partial charge in [-0.1, -0.05) is 34.1 Å². The number of hydrogen-bond donors (Lipinski definition) is 6. The third-order valence-electron chi connectivity index (χ3n) is 5.20. The first-order valence-electron chi connectivity index (χ1n) is 10.8. The number of amides is 3. The van der Waals surface area contributed by atoms with Crippen molar-refractivity contribution in [3.05, 3.63) is 18.2 Å². The SMILES string of the molecule is CCC(C)C(NC(=O)C(C)NC(=O)C(N)CC(C)C)C(=O)NC(Cc1cnc[nH]1)C(=O)O. The second kappa shape index (κ2) is 12.8. The van der Waals surface area contributed by atoms with E-state index in [0.29, 0.717) is 18.5 Å². The number of nitrogens with one attached hydrogen (secondary N) is 4. The summed E-state index contributed by atoms with van der Waals surface area (Å²) in [6.07, 6.45) is 3.95. The largest absolute Gasteiger partial charge is 0.480 e. The van der Waals surface area contributed by atoms with Gasteiger partial charge in [-0.2, -0.15) is 0 Å². The number of hydrogen-bond acceptors (Lipinski definition) is 6. The Kier molecular flexibility index (Phi) is 10.8. The Morgan fingerprint density at radius 1 is 1.06 bits per heavy atom. The lowest BCUT2D eigenvalue weighted by Gasteiger charge is -2.27. The summed E-state index contributed by atoms with van der Waals surface area (Å²) in [5, 5.41) is 17.2. The minimum absolute atomic E-state index is 0.0163. The Balaban J connectivity index is 2.81. The van der Waals surface area contributed by atoms with Crippen LogP contribution in [0.25, 0.3) is 0 Å². The van der Waals surface area contributed by atoms with E-state index in [4.69, 9.17) is 5.73 Å². The zero-order valence-corrected chi connectivity index (χ0v) is 19.3. The van der Waals surface area contributed by atoms with Crippen molar-refractivity contribution in [2.75, 3.05) is 0 Å². The van der Waals surface area contributed by atoms with E-state index < -0.39 is 47.9 Å². The first-order valence-corrected chi connectivity index (χ1v) is 10.8. The summed E-state index contributed by atoms with van der Waals surface area (Å²) in [5.74, 6) is -2.88. The number of H-pyrrole nitrogens is 1. The summed E-state index contributed by atoms with van der Waals surface area (Å²) in [7, 11) is 0. The third kappa shape index (κ3) is 8.66. The molecule has 0 radical (unpaired) electrons. The van der Waals surface area contributed by atoms with Gasteiger partial charge in [0.05, 0.1) is 12.4 Å². The number of nitrogens with two attached hydrogens (primary N) is 1. The minimum Gasteiger partial charge on any atom is -0.480 e. The van der Waals surface area contributed by atoms with E-state index in [0.717, 1.165) is 0 Å². The molecule has 1 aromatic heterocycles. The van der Waals surface area contributed by atoms with Gasteiger partial charge in [0.25, 0.3) is 0 Å². The first-order chi connectivity index (χ1) is 15.0. The van der Waals surface area contributed by atoms with Crippen LogP contribution in [0.3, 0.4) is 0 Å². The van der Waals surface area contributed by atoms with E-state index in [1.54, 1.807) is 6.92 Å². The van der Waals surface area contributed by atoms with Gasteiger partial charge in [-0.3, -0.25) is 14.4 Å². The fourth-order valence-corrected chi connectivity index (χ4v) is 3.06. The van der Waals surface area contributed by atoms with Crippen LogP contribution in [-0.2, 0) is 25.6 Å². The van der Waals surface area contributed by atoms with Gasteiger partial charge in [0.15, 0.2) is 0 Å². The molecule has 0 aromatic carbocycles. The molecule has 0 aliphatic heterocycles. The molecule has 0 aliphatic carbocycles. The van der Waals surface area contributed by atoms with Crippen LogP contribution >= 0.6 is 0 Å². The molecule has 0 fully saturated rings. The molecular formula is C21H36N6O5. The molecule has 1 heterocycles. The van der Waals surface area contributed by atoms with Crippen molar-refractivity contribution in [3.8, 4) is 0 Å². The molecule has 1 rings (SSSR count). The van der Waals surface area contributed by atoms with Crippen molar-refractivity contribution in [2.45, 2.75) is 78.0 Å². The predicted molar refractivity (Wildman–Crippen MR) is 118 cm³/mol. The lowest BCUT2D eigenvalue weighted by atomic mass is 9.97. The second-order valence-corrected chi connectivity index (χ2v) is 8.52. The van der Waals surface area contributed by atoms with Gasteiger partial charge >= 0.3 is 5.97 Å². The average molecular weight is 453 g/mol. The standard InChI is InChI=1S/C21H36N6O5/c1-6-12(4)17(20(30)26-16(21(31)32)8-14-9-23-10-24-14)27-18(28)13(5)25-19(29)15(22)7-11(2)3/h9-13,15-17H,6-8,22H2,1-5H3,(H,23,24)(H,25,29)(H,26,30)(H,27,28)(H,31,32). The number of aromatic nitrogens is 2. The number of carboxylic acid groups (broad SMARTS) is 1. The van der Waals surface area contributed by atoms with Gasteiger partial charge in [-0.25, -0.2) is 9.78 Å². The fourth-order valence-electron chi connectivity index (χ4n) is 3.06. The molecule has 0 saturated heterocycles. The monoisotopic (exact) mass is 452 g/mol. The van der Waals surface area contributed by atoms with Crippen LogP contribution in [0.5, 0.6) is 0 Å². The molecule has 180 valence electrons. The normalized spacial score (nSPS) is 15.8. The van der Waals surface area contributed by atoms with Crippen LogP contribution in [0.15, 0.2) is 12.5 Å². The van der Waals surface area contributed by atoms with Crippen LogP contribution in [-0.4, -0.2) is 62.9 Å². The van der Waals surface area contributed by atoms with Crippen molar-refractivity contribution in [3.63, 3.8) is 0 Å². The summed E-state index contributed by atoms with van der Waals surface area (Å²) in [6, 6.07) is -3.82. The lowest BCUT2D eigenvalue weighted by Crippen LogP contribution is -2.58. The zero-order chi connectivity index (χ0) is 24.4. The van der Waals surface area contributed by atoms with Crippen molar-refractivity contribution in [1.29, 1.82) is 0 Å². The maximum absolute atomic E-state index is 12.9. The van der Waals surface area contributed by atoms with Crippen molar-refractivity contribution in [2.24, 2.45) is 17.6 Å². The number of aliphatic carboxylic acids is 1. The molecule has 0 saturated carbocycles. The smallest absolute Gasteiger partial charge is 0.326 e. The number of carbonyl (C=O) groups excluding carboxylic acids is 3. The molecule has 32 heavy (non-hydrogen) atoms. The van der Waals surface area contributed by atoms with Gasteiger partial charge in [0.2, 0.25) is 17.7 Å². The summed E-state index contributed by atoms with van der Waals surface area (Å²) in [4.78, 5) is 56.0. The average Bonchev–Trinajstić information content (AvgIpc) is 3.22. The Morgan fingerprint density at radius 2 is 1.72 bits per heavy atom. The van der Waals surface area contributed by atoms with Crippen LogP contribution in [0.1, 0.15) is 53.2 Å². The molecule has 3 amide bonds. The summed E-state index contributed by atoms with van der Waals surface area (Å²) < 4.78 is 0. The molecule has 5 unspecified atom stereocenters. The highest BCUT2D eigenvalue weighted by atomic mass is 16.4. The molecule has 7 N–H and O–H groups in total. The van der Waals surface area contributed by atoms with E-state index in [9.17, 15) is 24.3 Å². The van der Waals surface area contributed by atoms with Crippen molar-refractivity contribution < 1.29 is 24.3 Å². The molecular weight excluding hydrogens is 416 g/mol. The molecule has 0 bridgehead atoms. The van der Waals surface area contributed by atoms with Crippen LogP contribution < -0.4 is 21.7 Å². The van der Waals surface area contributed by atoms with Gasteiger partial charge < -0.3 is 31.8 Å². The van der Waals surface area contributed by atoms with Crippen molar-refractivity contribution >= 4 is 23.7 Å². The highest BCUT2D eigenvalue weighted by molar-refractivity contribution is 5.94. The third-order valence-corrected chi connectivity index (χ3v) is 5.20. The van der Waals surface area contributed by atoms with Crippen LogP contribution in [0.4, 0.5) is 0 Å². The Bertz CT molecular complexity index is 767. The topological polar surface area (TPSA) is 179 Å². The lowest BCUT2D eigenvalue weighted by molar-refractivity contribution is -0.142. The number of nitrogens with zero attached hydrogens (tertiary/aromatic N) is 1. The summed E-state index contributed by atoms with van der Waals surface area (Å²) in [6.45, 7) is 9.01. The summed E-state index contributed by atoms with van der Waals surface area (Å²) >= 11 is 0. The highest BCUT2D eigenvalue weighted by Gasteiger charge is 2.31. The van der Waals surface area contributed by atoms with E-state index in [-0.39, 0.29) is 18.3 Å². The van der Waals surface area contributed by atoms with Gasteiger partial charge in [-0.05, 0) is 25.2 Å². The number of imidazole rings is 1. The molecule has 11 nitrogen and oxygen atoms in total. The fraction of sp³-hybridized carbons (Fsp3) is 0.667. The zero-order valence-electron chi connectivity index (χ0n) is 19.3. The molecule has 0 spiro atoms. The predicted octanol–water partition coefficient (Wildman–Crippen LogP) is -0.0694. The second-order valence-electron chi connectivity index (χ2n) is 8.52. The van der Waals surface area contributed by atoms with Crippen LogP contribution in [0, 0.1) is 11.8 Å². The van der Waals surface area contributed by atoms with E-state index in [1.165, 1.54) is 19.4 Å². The molecule has 0 aliphatic rings. The molecule has 5 atom stereocenters. The number of carboxylic acids is 1. The maximum Gasteiger partial charge on any atom is 0.326 e. The van der Waals surface area contributed by atoms with Crippen LogP contribution in [0.2, 0.25) is 0 Å². The van der Waals surface area contributed by atoms with Crippen molar-refractivity contribution in [1.82, 2.24) is 25.9 Å². The van der Waals surface area contributed by atoms with E-state index in [1.807, 2.05) is 20.8 Å². The Labute approximate surface area is 188 Å². The number of rotatable bonds is 13. The van der Waals surface area contributed by atoms with E-state index >= 15 is 0 Å². The van der Waals surface area contributed by atoms with E-state index in [2.05, 4.69) is 25.9 Å². The molecule has 1 aromatic rings. The Morgan fingerprint density at radius 3 is 2.22 bits per heavy atom. The van der Waals surface area contributed by atoms with Gasteiger partial charge in [-0.15, -0.1) is 0 Å². The highest BCUT2D eigenvalue weighted by Crippen LogP contribution is 2.10. The number of aromatic amines is 1. The maximum atomic E-state index is 12.9. The first kappa shape index (κ1) is 27.1. The summed E-state index contributed by atoms with van der Waals surface area (Å²) in [5.41, 5.74) is 6.41. The minimum atomic E-state index is -1.21. The number of carbonyl (C=O) groups is 4. The Hall–Kier alpha value is -2.95. The van der Waals surface area contributed by atoms with Gasteiger partial charge in [0.1, 0.15) is 18.1 Å². The van der Waals surface area contributed by atoms with Gasteiger partial charge in [0, 0.05) is 18.3 Å².